The Morgan fingerprint density at radius 1 is 1.13 bits per heavy atom. The Morgan fingerprint density at radius 2 is 1.97 bits per heavy atom. The molecule has 8 heteroatoms. The van der Waals surface area contributed by atoms with Gasteiger partial charge in [-0.2, -0.15) is 5.10 Å². The summed E-state index contributed by atoms with van der Waals surface area (Å²) in [6, 6.07) is 15.2. The number of morpholine rings is 1. The second-order valence-corrected chi connectivity index (χ2v) is 7.40. The van der Waals surface area contributed by atoms with E-state index in [1.54, 1.807) is 27.9 Å². The van der Waals surface area contributed by atoms with Gasteiger partial charge in [-0.1, -0.05) is 24.3 Å². The van der Waals surface area contributed by atoms with Gasteiger partial charge in [0.25, 0.3) is 5.91 Å². The van der Waals surface area contributed by atoms with Crippen LogP contribution in [0.15, 0.2) is 67.0 Å². The summed E-state index contributed by atoms with van der Waals surface area (Å²) in [4.78, 5) is 27.0. The van der Waals surface area contributed by atoms with E-state index in [0.29, 0.717) is 18.8 Å². The number of hydrogen-bond acceptors (Lipinski definition) is 4. The first-order valence-electron chi connectivity index (χ1n) is 10.1. The number of aromatic nitrogens is 2. The molecule has 7 nitrogen and oxygen atoms in total. The van der Waals surface area contributed by atoms with Crippen LogP contribution in [0.25, 0.3) is 0 Å². The number of nitrogens with zero attached hydrogens (tertiary/aromatic N) is 3. The molecule has 1 unspecified atom stereocenters. The Kier molecular flexibility index (Phi) is 6.37. The van der Waals surface area contributed by atoms with Crippen LogP contribution in [0.3, 0.4) is 0 Å². The molecule has 1 N–H and O–H groups in total. The minimum atomic E-state index is -0.749. The molecule has 31 heavy (non-hydrogen) atoms. The SMILES string of the molecule is O=C(Nc1cccc(Cn2cccn2)c1)C1CN(C(=O)Cc2ccc(F)cc2)CCO1. The van der Waals surface area contributed by atoms with Crippen molar-refractivity contribution >= 4 is 17.5 Å². The molecular formula is C23H23FN4O3. The topological polar surface area (TPSA) is 76.5 Å². The molecule has 1 saturated heterocycles. The van der Waals surface area contributed by atoms with Gasteiger partial charge in [0.05, 0.1) is 26.1 Å². The molecule has 1 fully saturated rings. The van der Waals surface area contributed by atoms with E-state index in [-0.39, 0.29) is 37.2 Å². The Bertz CT molecular complexity index is 1040. The van der Waals surface area contributed by atoms with Crippen LogP contribution in [0.4, 0.5) is 10.1 Å². The molecule has 4 rings (SSSR count). The molecule has 0 aliphatic carbocycles. The standard InChI is InChI=1S/C23H23FN4O3/c24-19-7-5-17(6-8-19)14-22(29)27-11-12-31-21(16-27)23(30)26-20-4-1-3-18(13-20)15-28-10-2-9-25-28/h1-10,13,21H,11-12,14-16H2,(H,26,30). The summed E-state index contributed by atoms with van der Waals surface area (Å²) in [6.07, 6.45) is 3.00. The van der Waals surface area contributed by atoms with E-state index < -0.39 is 6.10 Å². The molecular weight excluding hydrogens is 399 g/mol. The smallest absolute Gasteiger partial charge is 0.255 e. The highest BCUT2D eigenvalue weighted by Gasteiger charge is 2.29. The fraction of sp³-hybridized carbons (Fsp3) is 0.261. The minimum absolute atomic E-state index is 0.117. The largest absolute Gasteiger partial charge is 0.365 e. The van der Waals surface area contributed by atoms with E-state index in [9.17, 15) is 14.0 Å². The summed E-state index contributed by atoms with van der Waals surface area (Å²) < 4.78 is 20.5. The number of nitrogens with one attached hydrogen (secondary N) is 1. The van der Waals surface area contributed by atoms with Crippen LogP contribution in [0.2, 0.25) is 0 Å². The zero-order valence-electron chi connectivity index (χ0n) is 16.9. The molecule has 2 heterocycles. The summed E-state index contributed by atoms with van der Waals surface area (Å²) in [6.45, 7) is 1.48. The molecule has 3 aromatic rings. The van der Waals surface area contributed by atoms with Crippen molar-refractivity contribution in [3.63, 3.8) is 0 Å². The Morgan fingerprint density at radius 3 is 2.74 bits per heavy atom. The molecule has 0 radical (unpaired) electrons. The van der Waals surface area contributed by atoms with Gasteiger partial charge >= 0.3 is 0 Å². The fourth-order valence-electron chi connectivity index (χ4n) is 3.47. The molecule has 2 aromatic carbocycles. The third-order valence-corrected chi connectivity index (χ3v) is 5.08. The average molecular weight is 422 g/mol. The number of anilines is 1. The van der Waals surface area contributed by atoms with Gasteiger partial charge in [0.2, 0.25) is 5.91 Å². The van der Waals surface area contributed by atoms with E-state index in [0.717, 1.165) is 11.1 Å². The number of carbonyl (C=O) groups is 2. The first kappa shape index (κ1) is 20.7. The highest BCUT2D eigenvalue weighted by molar-refractivity contribution is 5.95. The van der Waals surface area contributed by atoms with E-state index in [1.807, 2.05) is 36.5 Å². The molecule has 0 saturated carbocycles. The third kappa shape index (κ3) is 5.55. The van der Waals surface area contributed by atoms with E-state index >= 15 is 0 Å². The van der Waals surface area contributed by atoms with Crippen LogP contribution in [0.1, 0.15) is 11.1 Å². The maximum atomic E-state index is 13.1. The molecule has 0 spiro atoms. The number of hydrogen-bond donors (Lipinski definition) is 1. The number of amides is 2. The zero-order chi connectivity index (χ0) is 21.6. The second kappa shape index (κ2) is 9.53. The van der Waals surface area contributed by atoms with Crippen molar-refractivity contribution in [3.8, 4) is 0 Å². The first-order valence-corrected chi connectivity index (χ1v) is 10.1. The van der Waals surface area contributed by atoms with Crippen molar-refractivity contribution in [2.75, 3.05) is 25.0 Å². The zero-order valence-corrected chi connectivity index (χ0v) is 16.9. The molecule has 1 aromatic heterocycles. The first-order chi connectivity index (χ1) is 15.1. The molecule has 0 bridgehead atoms. The third-order valence-electron chi connectivity index (χ3n) is 5.08. The average Bonchev–Trinajstić information content (AvgIpc) is 3.29. The lowest BCUT2D eigenvalue weighted by Gasteiger charge is -2.32. The van der Waals surface area contributed by atoms with Crippen LogP contribution >= 0.6 is 0 Å². The Balaban J connectivity index is 1.34. The normalized spacial score (nSPS) is 16.2. The highest BCUT2D eigenvalue weighted by atomic mass is 19.1. The number of rotatable bonds is 6. The predicted octanol–water partition coefficient (Wildman–Crippen LogP) is 2.48. The van der Waals surface area contributed by atoms with E-state index in [1.165, 1.54) is 12.1 Å². The quantitative estimate of drug-likeness (QED) is 0.662. The van der Waals surface area contributed by atoms with E-state index in [2.05, 4.69) is 10.4 Å². The lowest BCUT2D eigenvalue weighted by atomic mass is 10.1. The summed E-state index contributed by atoms with van der Waals surface area (Å²) >= 11 is 0. The van der Waals surface area contributed by atoms with Gasteiger partial charge < -0.3 is 15.0 Å². The van der Waals surface area contributed by atoms with Gasteiger partial charge in [0.1, 0.15) is 5.82 Å². The van der Waals surface area contributed by atoms with Gasteiger partial charge in [0, 0.05) is 24.6 Å². The van der Waals surface area contributed by atoms with Crippen molar-refractivity contribution in [2.45, 2.75) is 19.1 Å². The molecule has 1 aliphatic rings. The summed E-state index contributed by atoms with van der Waals surface area (Å²) in [7, 11) is 0. The number of carbonyl (C=O) groups excluding carboxylic acids is 2. The highest BCUT2D eigenvalue weighted by Crippen LogP contribution is 2.15. The Hall–Kier alpha value is -3.52. The van der Waals surface area contributed by atoms with Crippen molar-refractivity contribution in [2.24, 2.45) is 0 Å². The fourth-order valence-corrected chi connectivity index (χ4v) is 3.47. The van der Waals surface area contributed by atoms with Crippen molar-refractivity contribution in [1.82, 2.24) is 14.7 Å². The van der Waals surface area contributed by atoms with Gasteiger partial charge in [-0.05, 0) is 41.5 Å². The van der Waals surface area contributed by atoms with Crippen molar-refractivity contribution in [1.29, 1.82) is 0 Å². The Labute approximate surface area is 179 Å². The van der Waals surface area contributed by atoms with Gasteiger partial charge in [-0.3, -0.25) is 14.3 Å². The maximum absolute atomic E-state index is 13.1. The summed E-state index contributed by atoms with van der Waals surface area (Å²) in [5, 5.41) is 7.06. The van der Waals surface area contributed by atoms with Crippen molar-refractivity contribution in [3.05, 3.63) is 83.9 Å². The predicted molar refractivity (Wildman–Crippen MR) is 113 cm³/mol. The lowest BCUT2D eigenvalue weighted by molar-refractivity contribution is -0.144. The molecule has 1 atom stereocenters. The van der Waals surface area contributed by atoms with Crippen LogP contribution in [0.5, 0.6) is 0 Å². The summed E-state index contributed by atoms with van der Waals surface area (Å²) in [5.74, 6) is -0.752. The van der Waals surface area contributed by atoms with Crippen molar-refractivity contribution < 1.29 is 18.7 Å². The van der Waals surface area contributed by atoms with Gasteiger partial charge in [0.15, 0.2) is 6.10 Å². The van der Waals surface area contributed by atoms with Crippen LogP contribution in [0, 0.1) is 5.82 Å². The monoisotopic (exact) mass is 422 g/mol. The van der Waals surface area contributed by atoms with E-state index in [4.69, 9.17) is 4.74 Å². The molecule has 2 amide bonds. The number of halogens is 1. The maximum Gasteiger partial charge on any atom is 0.255 e. The van der Waals surface area contributed by atoms with Crippen LogP contribution in [-0.2, 0) is 27.3 Å². The van der Waals surface area contributed by atoms with Gasteiger partial charge in [-0.15, -0.1) is 0 Å². The van der Waals surface area contributed by atoms with Gasteiger partial charge in [-0.25, -0.2) is 4.39 Å². The number of ether oxygens (including phenoxy) is 1. The molecule has 160 valence electrons. The number of benzene rings is 2. The summed E-state index contributed by atoms with van der Waals surface area (Å²) in [5.41, 5.74) is 2.39. The van der Waals surface area contributed by atoms with Crippen LogP contribution in [-0.4, -0.2) is 52.3 Å². The molecule has 1 aliphatic heterocycles. The van der Waals surface area contributed by atoms with Crippen LogP contribution < -0.4 is 5.32 Å². The minimum Gasteiger partial charge on any atom is -0.365 e. The second-order valence-electron chi connectivity index (χ2n) is 7.40. The lowest BCUT2D eigenvalue weighted by Crippen LogP contribution is -2.50.